The van der Waals surface area contributed by atoms with E-state index in [0.717, 1.165) is 16.5 Å². The van der Waals surface area contributed by atoms with E-state index >= 15 is 0 Å². The second kappa shape index (κ2) is 7.48. The van der Waals surface area contributed by atoms with E-state index in [4.69, 9.17) is 4.74 Å². The Balaban J connectivity index is 1.98. The number of ether oxygens (including phenoxy) is 1. The van der Waals surface area contributed by atoms with Gasteiger partial charge in [0.2, 0.25) is 11.0 Å². The summed E-state index contributed by atoms with van der Waals surface area (Å²) in [5, 5.41) is 11.2. The molecule has 0 unspecified atom stereocenters. The van der Waals surface area contributed by atoms with Crippen LogP contribution >= 0.6 is 23.1 Å². The van der Waals surface area contributed by atoms with Gasteiger partial charge in [-0.1, -0.05) is 30.0 Å². The second-order valence-electron chi connectivity index (χ2n) is 6.13. The SMILES string of the molecule is CCSc1nnc(NC(=O)[C@@H]2CCCN2C(=O)OC(C)(C)C)s1. The molecular formula is C14H22N4O3S2. The fourth-order valence-electron chi connectivity index (χ4n) is 2.21. The van der Waals surface area contributed by atoms with E-state index in [9.17, 15) is 9.59 Å². The van der Waals surface area contributed by atoms with Gasteiger partial charge in [-0.15, -0.1) is 10.2 Å². The number of hydrogen-bond donors (Lipinski definition) is 1. The van der Waals surface area contributed by atoms with Crippen molar-refractivity contribution in [1.29, 1.82) is 0 Å². The molecule has 1 N–H and O–H groups in total. The largest absolute Gasteiger partial charge is 0.444 e. The molecule has 1 saturated heterocycles. The highest BCUT2D eigenvalue weighted by molar-refractivity contribution is 8.01. The Morgan fingerprint density at radius 2 is 2.17 bits per heavy atom. The van der Waals surface area contributed by atoms with Crippen molar-refractivity contribution in [2.45, 2.75) is 56.5 Å². The molecule has 0 saturated carbocycles. The molecule has 7 nitrogen and oxygen atoms in total. The number of likely N-dealkylation sites (tertiary alicyclic amines) is 1. The van der Waals surface area contributed by atoms with Crippen molar-refractivity contribution in [2.24, 2.45) is 0 Å². The Hall–Kier alpha value is -1.35. The van der Waals surface area contributed by atoms with Crippen LogP contribution in [0.25, 0.3) is 0 Å². The van der Waals surface area contributed by atoms with Gasteiger partial charge in [-0.3, -0.25) is 15.0 Å². The van der Waals surface area contributed by atoms with E-state index in [1.54, 1.807) is 11.8 Å². The number of hydrogen-bond acceptors (Lipinski definition) is 7. The molecule has 0 aliphatic carbocycles. The molecule has 1 aliphatic heterocycles. The minimum absolute atomic E-state index is 0.238. The molecule has 0 aromatic carbocycles. The average Bonchev–Trinajstić information content (AvgIpc) is 3.06. The van der Waals surface area contributed by atoms with Gasteiger partial charge in [-0.2, -0.15) is 0 Å². The normalized spacial score (nSPS) is 18.1. The summed E-state index contributed by atoms with van der Waals surface area (Å²) in [4.78, 5) is 26.1. The Morgan fingerprint density at radius 1 is 1.43 bits per heavy atom. The lowest BCUT2D eigenvalue weighted by Gasteiger charge is -2.27. The predicted molar refractivity (Wildman–Crippen MR) is 90.9 cm³/mol. The van der Waals surface area contributed by atoms with Crippen LogP contribution in [0.15, 0.2) is 4.34 Å². The molecule has 9 heteroatoms. The van der Waals surface area contributed by atoms with Crippen LogP contribution in [0.1, 0.15) is 40.5 Å². The summed E-state index contributed by atoms with van der Waals surface area (Å²) in [5.41, 5.74) is -0.577. The minimum atomic E-state index is -0.577. The van der Waals surface area contributed by atoms with E-state index < -0.39 is 17.7 Å². The van der Waals surface area contributed by atoms with E-state index in [1.165, 1.54) is 16.2 Å². The Kier molecular flexibility index (Phi) is 5.85. The Labute approximate surface area is 144 Å². The molecule has 128 valence electrons. The van der Waals surface area contributed by atoms with Gasteiger partial charge in [0.15, 0.2) is 4.34 Å². The van der Waals surface area contributed by atoms with Crippen molar-refractivity contribution >= 4 is 40.2 Å². The van der Waals surface area contributed by atoms with Crippen LogP contribution in [-0.2, 0) is 9.53 Å². The maximum Gasteiger partial charge on any atom is 0.410 e. The minimum Gasteiger partial charge on any atom is -0.444 e. The van der Waals surface area contributed by atoms with Gasteiger partial charge in [0.25, 0.3) is 0 Å². The first-order chi connectivity index (χ1) is 10.8. The zero-order chi connectivity index (χ0) is 17.0. The zero-order valence-electron chi connectivity index (χ0n) is 13.8. The van der Waals surface area contributed by atoms with Crippen molar-refractivity contribution in [1.82, 2.24) is 15.1 Å². The van der Waals surface area contributed by atoms with Gasteiger partial charge in [0.05, 0.1) is 0 Å². The van der Waals surface area contributed by atoms with Gasteiger partial charge in [-0.25, -0.2) is 4.79 Å². The first-order valence-corrected chi connectivity index (χ1v) is 9.37. The van der Waals surface area contributed by atoms with E-state index in [1.807, 2.05) is 27.7 Å². The smallest absolute Gasteiger partial charge is 0.410 e. The maximum atomic E-state index is 12.4. The third-order valence-corrected chi connectivity index (χ3v) is 4.94. The quantitative estimate of drug-likeness (QED) is 0.658. The van der Waals surface area contributed by atoms with Gasteiger partial charge < -0.3 is 4.74 Å². The van der Waals surface area contributed by atoms with E-state index in [2.05, 4.69) is 15.5 Å². The Bertz CT molecular complexity index is 571. The predicted octanol–water partition coefficient (Wildman–Crippen LogP) is 2.99. The van der Waals surface area contributed by atoms with Gasteiger partial charge in [0.1, 0.15) is 11.6 Å². The van der Waals surface area contributed by atoms with E-state index in [-0.39, 0.29) is 5.91 Å². The monoisotopic (exact) mass is 358 g/mol. The zero-order valence-corrected chi connectivity index (χ0v) is 15.4. The molecule has 2 rings (SSSR count). The average molecular weight is 358 g/mol. The molecule has 2 amide bonds. The van der Waals surface area contributed by atoms with Crippen molar-refractivity contribution < 1.29 is 14.3 Å². The first-order valence-electron chi connectivity index (χ1n) is 7.57. The number of carbonyl (C=O) groups is 2. The van der Waals surface area contributed by atoms with Gasteiger partial charge in [0, 0.05) is 6.54 Å². The van der Waals surface area contributed by atoms with Crippen molar-refractivity contribution in [3.63, 3.8) is 0 Å². The molecule has 0 bridgehead atoms. The highest BCUT2D eigenvalue weighted by atomic mass is 32.2. The van der Waals surface area contributed by atoms with E-state index in [0.29, 0.717) is 18.1 Å². The highest BCUT2D eigenvalue weighted by Crippen LogP contribution is 2.26. The van der Waals surface area contributed by atoms with Crippen LogP contribution in [0.5, 0.6) is 0 Å². The molecule has 23 heavy (non-hydrogen) atoms. The summed E-state index contributed by atoms with van der Waals surface area (Å²) in [5.74, 6) is 0.662. The Morgan fingerprint density at radius 3 is 2.83 bits per heavy atom. The number of nitrogens with one attached hydrogen (secondary N) is 1. The molecule has 1 atom stereocenters. The third-order valence-electron chi connectivity index (χ3n) is 3.09. The van der Waals surface area contributed by atoms with Crippen molar-refractivity contribution in [3.05, 3.63) is 0 Å². The molecule has 2 heterocycles. The topological polar surface area (TPSA) is 84.4 Å². The van der Waals surface area contributed by atoms with Gasteiger partial charge in [-0.05, 0) is 39.4 Å². The van der Waals surface area contributed by atoms with Crippen LogP contribution in [0.3, 0.4) is 0 Å². The summed E-state index contributed by atoms with van der Waals surface area (Å²) in [6.07, 6.45) is 0.958. The number of anilines is 1. The lowest BCUT2D eigenvalue weighted by atomic mass is 10.2. The fraction of sp³-hybridized carbons (Fsp3) is 0.714. The second-order valence-corrected chi connectivity index (χ2v) is 8.62. The maximum absolute atomic E-state index is 12.4. The van der Waals surface area contributed by atoms with Crippen LogP contribution in [0.2, 0.25) is 0 Å². The molecule has 1 aromatic heterocycles. The molecule has 1 aromatic rings. The number of nitrogens with zero attached hydrogens (tertiary/aromatic N) is 3. The summed E-state index contributed by atoms with van der Waals surface area (Å²) in [6.45, 7) is 7.99. The number of amides is 2. The molecular weight excluding hydrogens is 336 g/mol. The van der Waals surface area contributed by atoms with Crippen molar-refractivity contribution in [3.8, 4) is 0 Å². The summed E-state index contributed by atoms with van der Waals surface area (Å²) in [6, 6.07) is -0.518. The summed E-state index contributed by atoms with van der Waals surface area (Å²) in [7, 11) is 0. The number of aromatic nitrogens is 2. The lowest BCUT2D eigenvalue weighted by Crippen LogP contribution is -2.45. The molecule has 1 fully saturated rings. The summed E-state index contributed by atoms with van der Waals surface area (Å²) < 4.78 is 6.18. The highest BCUT2D eigenvalue weighted by Gasteiger charge is 2.36. The number of rotatable bonds is 4. The fourth-order valence-corrected chi connectivity index (χ4v) is 3.86. The van der Waals surface area contributed by atoms with Gasteiger partial charge >= 0.3 is 6.09 Å². The van der Waals surface area contributed by atoms with Crippen LogP contribution in [0.4, 0.5) is 9.93 Å². The van der Waals surface area contributed by atoms with Crippen LogP contribution in [0, 0.1) is 0 Å². The molecule has 1 aliphatic rings. The number of carbonyl (C=O) groups excluding carboxylic acids is 2. The molecule has 0 radical (unpaired) electrons. The van der Waals surface area contributed by atoms with Crippen LogP contribution < -0.4 is 5.32 Å². The van der Waals surface area contributed by atoms with Crippen LogP contribution in [-0.4, -0.2) is 51.0 Å². The third kappa shape index (κ3) is 5.07. The lowest BCUT2D eigenvalue weighted by molar-refractivity contribution is -0.120. The number of thioether (sulfide) groups is 1. The first kappa shape index (κ1) is 18.0. The molecule has 0 spiro atoms. The standard InChI is InChI=1S/C14H22N4O3S2/c1-5-22-12-17-16-11(23-12)15-10(19)9-7-6-8-18(9)13(20)21-14(2,3)4/h9H,5-8H2,1-4H3,(H,15,16,19)/t9-/m0/s1. The van der Waals surface area contributed by atoms with Crippen molar-refractivity contribution in [2.75, 3.05) is 17.6 Å². The summed E-state index contributed by atoms with van der Waals surface area (Å²) >= 11 is 2.91.